The van der Waals surface area contributed by atoms with Gasteiger partial charge in [-0.3, -0.25) is 4.79 Å². The van der Waals surface area contributed by atoms with Gasteiger partial charge in [0.15, 0.2) is 0 Å². The van der Waals surface area contributed by atoms with Crippen LogP contribution in [0.15, 0.2) is 58.6 Å². The molecular formula is C17H17NO2S. The van der Waals surface area contributed by atoms with Crippen molar-refractivity contribution in [2.75, 3.05) is 7.11 Å². The summed E-state index contributed by atoms with van der Waals surface area (Å²) >= 11 is 1.21. The molecule has 21 heavy (non-hydrogen) atoms. The maximum Gasteiger partial charge on any atom is 0.224 e. The van der Waals surface area contributed by atoms with Gasteiger partial charge in [-0.1, -0.05) is 53.2 Å². The molecular weight excluding hydrogens is 282 g/mol. The van der Waals surface area contributed by atoms with Crippen molar-refractivity contribution in [3.8, 4) is 0 Å². The topological polar surface area (TPSA) is 38.7 Å². The van der Waals surface area contributed by atoms with Crippen molar-refractivity contribution in [2.24, 2.45) is 5.16 Å². The van der Waals surface area contributed by atoms with E-state index in [1.165, 1.54) is 18.9 Å². The number of oxime groups is 1. The molecule has 108 valence electrons. The van der Waals surface area contributed by atoms with E-state index in [9.17, 15) is 4.79 Å². The highest BCUT2D eigenvalue weighted by Gasteiger charge is 2.12. The maximum atomic E-state index is 12.3. The summed E-state index contributed by atoms with van der Waals surface area (Å²) in [6, 6.07) is 15.3. The Hall–Kier alpha value is -2.07. The van der Waals surface area contributed by atoms with Gasteiger partial charge >= 0.3 is 0 Å². The van der Waals surface area contributed by atoms with E-state index in [1.807, 2.05) is 62.4 Å². The van der Waals surface area contributed by atoms with Gasteiger partial charge < -0.3 is 4.84 Å². The first kappa shape index (κ1) is 15.3. The van der Waals surface area contributed by atoms with Crippen molar-refractivity contribution < 1.29 is 9.63 Å². The monoisotopic (exact) mass is 299 g/mol. The number of benzene rings is 2. The summed E-state index contributed by atoms with van der Waals surface area (Å²) in [5, 5.41) is 3.96. The second kappa shape index (κ2) is 7.09. The summed E-state index contributed by atoms with van der Waals surface area (Å²) in [5.74, 6) is 0. The minimum atomic E-state index is 0.0210. The lowest BCUT2D eigenvalue weighted by molar-refractivity contribution is 0.108. The van der Waals surface area contributed by atoms with Crippen LogP contribution in [0.4, 0.5) is 0 Å². The third-order valence-corrected chi connectivity index (χ3v) is 3.99. The standard InChI is InChI=1S/C17H17NO2S/c1-12-8-10-14(11-9-12)17(19)21-16-7-5-4-6-15(16)13(2)18-20-3/h4-11H,1-3H3/b18-13+. The fraction of sp³-hybridized carbons (Fsp3) is 0.176. The van der Waals surface area contributed by atoms with Crippen molar-refractivity contribution in [1.82, 2.24) is 0 Å². The smallest absolute Gasteiger partial charge is 0.224 e. The summed E-state index contributed by atoms with van der Waals surface area (Å²) < 4.78 is 0. The van der Waals surface area contributed by atoms with Crippen LogP contribution < -0.4 is 0 Å². The average Bonchev–Trinajstić information content (AvgIpc) is 2.48. The third-order valence-electron chi connectivity index (χ3n) is 2.99. The molecule has 0 aliphatic heterocycles. The predicted octanol–water partition coefficient (Wildman–Crippen LogP) is 4.30. The van der Waals surface area contributed by atoms with Crippen molar-refractivity contribution in [1.29, 1.82) is 0 Å². The van der Waals surface area contributed by atoms with Crippen molar-refractivity contribution >= 4 is 22.6 Å². The fourth-order valence-electron chi connectivity index (χ4n) is 1.89. The van der Waals surface area contributed by atoms with Gasteiger partial charge in [-0.15, -0.1) is 0 Å². The second-order valence-corrected chi connectivity index (χ2v) is 5.63. The van der Waals surface area contributed by atoms with E-state index in [0.717, 1.165) is 21.7 Å². The van der Waals surface area contributed by atoms with E-state index in [2.05, 4.69) is 5.16 Å². The average molecular weight is 299 g/mol. The number of carbonyl (C=O) groups is 1. The van der Waals surface area contributed by atoms with Gasteiger partial charge in [-0.2, -0.15) is 0 Å². The molecule has 0 heterocycles. The lowest BCUT2D eigenvalue weighted by Gasteiger charge is -2.07. The van der Waals surface area contributed by atoms with Crippen LogP contribution in [-0.4, -0.2) is 17.9 Å². The van der Waals surface area contributed by atoms with E-state index < -0.39 is 0 Å². The first-order valence-electron chi connectivity index (χ1n) is 6.58. The molecule has 0 fully saturated rings. The molecule has 0 aromatic heterocycles. The molecule has 0 bridgehead atoms. The molecule has 0 radical (unpaired) electrons. The number of hydrogen-bond donors (Lipinski definition) is 0. The van der Waals surface area contributed by atoms with E-state index in [1.54, 1.807) is 0 Å². The third kappa shape index (κ3) is 3.95. The predicted molar refractivity (Wildman–Crippen MR) is 87.0 cm³/mol. The van der Waals surface area contributed by atoms with Crippen LogP contribution >= 0.6 is 11.8 Å². The number of hydrogen-bond acceptors (Lipinski definition) is 4. The summed E-state index contributed by atoms with van der Waals surface area (Å²) in [6.07, 6.45) is 0. The highest BCUT2D eigenvalue weighted by atomic mass is 32.2. The molecule has 0 unspecified atom stereocenters. The molecule has 0 saturated carbocycles. The molecule has 0 atom stereocenters. The Balaban J connectivity index is 2.25. The number of carbonyl (C=O) groups excluding carboxylic acids is 1. The van der Waals surface area contributed by atoms with Crippen LogP contribution in [0, 0.1) is 6.92 Å². The molecule has 0 N–H and O–H groups in total. The number of aryl methyl sites for hydroxylation is 1. The van der Waals surface area contributed by atoms with Gasteiger partial charge in [-0.25, -0.2) is 0 Å². The van der Waals surface area contributed by atoms with Gasteiger partial charge in [-0.05, 0) is 31.7 Å². The fourth-order valence-corrected chi connectivity index (χ4v) is 2.82. The first-order chi connectivity index (χ1) is 10.1. The van der Waals surface area contributed by atoms with Crippen molar-refractivity contribution in [2.45, 2.75) is 18.7 Å². The summed E-state index contributed by atoms with van der Waals surface area (Å²) in [5.41, 5.74) is 3.49. The SMILES string of the molecule is CO/N=C(\C)c1ccccc1SC(=O)c1ccc(C)cc1. The van der Waals surface area contributed by atoms with Crippen LogP contribution in [0.2, 0.25) is 0 Å². The number of rotatable bonds is 4. The van der Waals surface area contributed by atoms with Crippen LogP contribution in [-0.2, 0) is 4.84 Å². The summed E-state index contributed by atoms with van der Waals surface area (Å²) in [4.78, 5) is 18.0. The van der Waals surface area contributed by atoms with E-state index in [4.69, 9.17) is 4.84 Å². The zero-order chi connectivity index (χ0) is 15.2. The molecule has 4 heteroatoms. The zero-order valence-electron chi connectivity index (χ0n) is 12.3. The highest BCUT2D eigenvalue weighted by molar-refractivity contribution is 8.14. The van der Waals surface area contributed by atoms with E-state index in [-0.39, 0.29) is 5.12 Å². The van der Waals surface area contributed by atoms with Crippen LogP contribution in [0.5, 0.6) is 0 Å². The summed E-state index contributed by atoms with van der Waals surface area (Å²) in [7, 11) is 1.51. The molecule has 3 nitrogen and oxygen atoms in total. The van der Waals surface area contributed by atoms with Crippen molar-refractivity contribution in [3.63, 3.8) is 0 Å². The molecule has 2 aromatic rings. The highest BCUT2D eigenvalue weighted by Crippen LogP contribution is 2.27. The Kier molecular flexibility index (Phi) is 5.17. The van der Waals surface area contributed by atoms with Gasteiger partial charge in [0.2, 0.25) is 5.12 Å². The van der Waals surface area contributed by atoms with Gasteiger partial charge in [0.05, 0.1) is 5.71 Å². The van der Waals surface area contributed by atoms with E-state index in [0.29, 0.717) is 5.56 Å². The van der Waals surface area contributed by atoms with Gasteiger partial charge in [0, 0.05) is 16.0 Å². The lowest BCUT2D eigenvalue weighted by Crippen LogP contribution is -2.00. The Bertz CT molecular complexity index is 663. The normalized spacial score (nSPS) is 11.3. The zero-order valence-corrected chi connectivity index (χ0v) is 13.1. The Morgan fingerprint density at radius 1 is 1.10 bits per heavy atom. The molecule has 0 aliphatic carbocycles. The minimum absolute atomic E-state index is 0.0210. The second-order valence-electron chi connectivity index (χ2n) is 4.61. The van der Waals surface area contributed by atoms with E-state index >= 15 is 0 Å². The Labute approximate surface area is 129 Å². The lowest BCUT2D eigenvalue weighted by atomic mass is 10.1. The van der Waals surface area contributed by atoms with Gasteiger partial charge in [0.25, 0.3) is 0 Å². The van der Waals surface area contributed by atoms with Crippen LogP contribution in [0.1, 0.15) is 28.4 Å². The number of thioether (sulfide) groups is 1. The maximum absolute atomic E-state index is 12.3. The molecule has 0 spiro atoms. The summed E-state index contributed by atoms with van der Waals surface area (Å²) in [6.45, 7) is 3.86. The Morgan fingerprint density at radius 2 is 1.76 bits per heavy atom. The molecule has 0 amide bonds. The van der Waals surface area contributed by atoms with Crippen LogP contribution in [0.3, 0.4) is 0 Å². The molecule has 2 aromatic carbocycles. The molecule has 0 saturated heterocycles. The van der Waals surface area contributed by atoms with Gasteiger partial charge in [0.1, 0.15) is 7.11 Å². The quantitative estimate of drug-likeness (QED) is 0.480. The van der Waals surface area contributed by atoms with Crippen molar-refractivity contribution in [3.05, 3.63) is 65.2 Å². The number of nitrogens with zero attached hydrogens (tertiary/aromatic N) is 1. The van der Waals surface area contributed by atoms with Crippen LogP contribution in [0.25, 0.3) is 0 Å². The molecule has 2 rings (SSSR count). The first-order valence-corrected chi connectivity index (χ1v) is 7.39. The Morgan fingerprint density at radius 3 is 2.43 bits per heavy atom. The minimum Gasteiger partial charge on any atom is -0.399 e. The molecule has 0 aliphatic rings. The largest absolute Gasteiger partial charge is 0.399 e.